The van der Waals surface area contributed by atoms with Gasteiger partial charge in [0.25, 0.3) is 5.56 Å². The molecule has 4 heterocycles. The Kier molecular flexibility index (Phi) is 16.9. The summed E-state index contributed by atoms with van der Waals surface area (Å²) >= 11 is 5.92. The summed E-state index contributed by atoms with van der Waals surface area (Å²) in [4.78, 5) is 46.7. The summed E-state index contributed by atoms with van der Waals surface area (Å²) in [5.74, 6) is 0.784. The van der Waals surface area contributed by atoms with Crippen molar-refractivity contribution in [2.75, 3.05) is 65.2 Å². The second-order valence-electron chi connectivity index (χ2n) is 13.8. The van der Waals surface area contributed by atoms with E-state index >= 15 is 0 Å². The number of aliphatic hydroxyl groups is 1. The molecule has 2 fully saturated rings. The number of rotatable bonds is 14. The van der Waals surface area contributed by atoms with Gasteiger partial charge in [0.2, 0.25) is 0 Å². The first-order valence-electron chi connectivity index (χ1n) is 18.3. The van der Waals surface area contributed by atoms with Crippen LogP contribution in [0.2, 0.25) is 5.02 Å². The lowest BCUT2D eigenvalue weighted by atomic mass is 9.91. The van der Waals surface area contributed by atoms with E-state index in [9.17, 15) is 19.5 Å². The number of anilines is 1. The fraction of sp³-hybridized carbons (Fsp3) is 0.475. The normalized spacial score (nSPS) is 16.2. The monoisotopic (exact) mass is 731 g/mol. The number of nitrogens with zero attached hydrogens (tertiary/aromatic N) is 5. The van der Waals surface area contributed by atoms with Crippen LogP contribution in [-0.4, -0.2) is 108 Å². The van der Waals surface area contributed by atoms with Gasteiger partial charge in [0.1, 0.15) is 18.4 Å². The summed E-state index contributed by atoms with van der Waals surface area (Å²) in [5, 5.41) is 18.5. The van der Waals surface area contributed by atoms with Crippen LogP contribution < -0.4 is 16.2 Å². The predicted octanol–water partition coefficient (Wildman–Crippen LogP) is 4.95. The summed E-state index contributed by atoms with van der Waals surface area (Å²) in [6, 6.07) is 18.7. The molecule has 0 amide bonds. The van der Waals surface area contributed by atoms with Crippen molar-refractivity contribution in [2.24, 2.45) is 5.92 Å². The smallest absolute Gasteiger partial charge is 0.255 e. The minimum atomic E-state index is -0.803. The number of hydrogen-bond donors (Lipinski definition) is 3. The van der Waals surface area contributed by atoms with Crippen LogP contribution in [0.4, 0.5) is 5.82 Å². The first-order chi connectivity index (χ1) is 25.2. The summed E-state index contributed by atoms with van der Waals surface area (Å²) < 4.78 is 1.52. The molecule has 52 heavy (non-hydrogen) atoms. The second kappa shape index (κ2) is 21.5. The zero-order valence-corrected chi connectivity index (χ0v) is 31.3. The van der Waals surface area contributed by atoms with Crippen molar-refractivity contribution in [2.45, 2.75) is 57.1 Å². The third-order valence-corrected chi connectivity index (χ3v) is 9.91. The van der Waals surface area contributed by atoms with Crippen molar-refractivity contribution in [1.82, 2.24) is 29.7 Å². The van der Waals surface area contributed by atoms with Crippen molar-refractivity contribution >= 4 is 40.9 Å². The lowest BCUT2D eigenvalue weighted by molar-refractivity contribution is -0.111. The van der Waals surface area contributed by atoms with Gasteiger partial charge in [0, 0.05) is 55.3 Å². The summed E-state index contributed by atoms with van der Waals surface area (Å²) in [6.45, 7) is 7.14. The number of fused-ring (bicyclic) bond motifs is 1. The van der Waals surface area contributed by atoms with Crippen molar-refractivity contribution < 1.29 is 14.7 Å². The highest BCUT2D eigenvalue weighted by molar-refractivity contribution is 6.35. The molecule has 3 N–H and O–H groups in total. The van der Waals surface area contributed by atoms with E-state index in [2.05, 4.69) is 49.6 Å². The molecule has 11 nitrogen and oxygen atoms in total. The fourth-order valence-electron chi connectivity index (χ4n) is 6.38. The maximum Gasteiger partial charge on any atom is 0.255 e. The van der Waals surface area contributed by atoms with Crippen molar-refractivity contribution in [3.8, 4) is 0 Å². The number of hydrogen-bond acceptors (Lipinski definition) is 10. The van der Waals surface area contributed by atoms with Crippen LogP contribution >= 0.6 is 11.6 Å². The first-order valence-corrected chi connectivity index (χ1v) is 18.7. The molecule has 4 aromatic rings. The van der Waals surface area contributed by atoms with Crippen LogP contribution in [0.3, 0.4) is 0 Å². The van der Waals surface area contributed by atoms with E-state index in [0.29, 0.717) is 35.8 Å². The lowest BCUT2D eigenvalue weighted by Gasteiger charge is -2.36. The highest BCUT2D eigenvalue weighted by Gasteiger charge is 2.31. The average molecular weight is 732 g/mol. The molecule has 1 atom stereocenters. The Morgan fingerprint density at radius 1 is 0.981 bits per heavy atom. The van der Waals surface area contributed by atoms with Gasteiger partial charge in [-0.15, -0.1) is 0 Å². The summed E-state index contributed by atoms with van der Waals surface area (Å²) in [7, 11) is 3.99. The topological polar surface area (TPSA) is 133 Å². The summed E-state index contributed by atoms with van der Waals surface area (Å²) in [6.07, 6.45) is 11.9. The van der Waals surface area contributed by atoms with Gasteiger partial charge >= 0.3 is 0 Å². The molecule has 280 valence electrons. The Bertz CT molecular complexity index is 1720. The number of carbonyl (C=O) groups excluding carboxylic acids is 2. The molecule has 0 spiro atoms. The SMILES string of the molecule is CN1CCC(O)(Cn2cnc(NCCN3CCCC3)cc2=O)CC1.CNCCCC(C=O)Cc1ccccc1.O=Cc1ccc2c(Cl)ccnc2c1. The maximum absolute atomic E-state index is 12.3. The molecule has 12 heteroatoms. The third kappa shape index (κ3) is 13.5. The quantitative estimate of drug-likeness (QED) is 0.121. The first kappa shape index (κ1) is 40.8. The van der Waals surface area contributed by atoms with Crippen LogP contribution in [0.25, 0.3) is 10.9 Å². The van der Waals surface area contributed by atoms with Gasteiger partial charge < -0.3 is 30.3 Å². The predicted molar refractivity (Wildman–Crippen MR) is 209 cm³/mol. The number of nitrogens with one attached hydrogen (secondary N) is 2. The van der Waals surface area contributed by atoms with Crippen LogP contribution in [0.15, 0.2) is 78.0 Å². The molecule has 6 rings (SSSR count). The van der Waals surface area contributed by atoms with Crippen molar-refractivity contribution in [3.05, 3.63) is 99.7 Å². The molecule has 2 aliphatic heterocycles. The van der Waals surface area contributed by atoms with E-state index in [1.54, 1.807) is 36.8 Å². The Balaban J connectivity index is 0.000000186. The van der Waals surface area contributed by atoms with E-state index in [1.807, 2.05) is 25.2 Å². The molecular formula is C40H54ClN7O4. The molecule has 0 saturated carbocycles. The highest BCUT2D eigenvalue weighted by atomic mass is 35.5. The number of halogens is 1. The van der Waals surface area contributed by atoms with E-state index in [4.69, 9.17) is 11.6 Å². The maximum atomic E-state index is 12.3. The zero-order chi connectivity index (χ0) is 37.2. The standard InChI is InChI=1S/C17H29N5O2.C13H19NO.C10H6ClNO/c1-20-9-4-17(24,5-10-20)13-22-14-19-15(12-16(22)23)18-6-11-21-7-2-3-8-21;1-14-9-5-8-13(11-15)10-12-6-3-2-4-7-12;11-9-3-4-12-10-5-7(6-13)1-2-8(9)10/h12,14,18,24H,2-11,13H2,1H3;2-4,6-7,11,13-14H,5,8-10H2,1H3;1-6H. The number of aldehydes is 2. The van der Waals surface area contributed by atoms with E-state index in [0.717, 1.165) is 75.5 Å². The number of benzene rings is 2. The Morgan fingerprint density at radius 3 is 2.40 bits per heavy atom. The van der Waals surface area contributed by atoms with Crippen LogP contribution in [0, 0.1) is 5.92 Å². The average Bonchev–Trinajstić information content (AvgIpc) is 3.68. The van der Waals surface area contributed by atoms with Gasteiger partial charge in [0.05, 0.1) is 29.0 Å². The van der Waals surface area contributed by atoms with Crippen LogP contribution in [-0.2, 0) is 17.8 Å². The third-order valence-electron chi connectivity index (χ3n) is 9.58. The van der Waals surface area contributed by atoms with Gasteiger partial charge in [-0.25, -0.2) is 4.98 Å². The van der Waals surface area contributed by atoms with Gasteiger partial charge in [-0.3, -0.25) is 19.1 Å². The van der Waals surface area contributed by atoms with E-state index in [-0.39, 0.29) is 11.5 Å². The lowest BCUT2D eigenvalue weighted by Crippen LogP contribution is -2.46. The summed E-state index contributed by atoms with van der Waals surface area (Å²) in [5.41, 5.74) is 1.70. The van der Waals surface area contributed by atoms with Crippen LogP contribution in [0.1, 0.15) is 54.4 Å². The Hall–Kier alpha value is -4.00. The molecule has 0 bridgehead atoms. The highest BCUT2D eigenvalue weighted by Crippen LogP contribution is 2.23. The van der Waals surface area contributed by atoms with Gasteiger partial charge in [-0.05, 0) is 96.4 Å². The zero-order valence-electron chi connectivity index (χ0n) is 30.6. The second-order valence-corrected chi connectivity index (χ2v) is 14.2. The molecule has 2 saturated heterocycles. The molecular weight excluding hydrogens is 678 g/mol. The molecule has 0 radical (unpaired) electrons. The number of pyridine rings is 1. The fourth-order valence-corrected chi connectivity index (χ4v) is 6.60. The van der Waals surface area contributed by atoms with Gasteiger partial charge in [0.15, 0.2) is 0 Å². The number of carbonyl (C=O) groups is 2. The molecule has 1 unspecified atom stereocenters. The number of piperidine rings is 1. The van der Waals surface area contributed by atoms with Crippen molar-refractivity contribution in [3.63, 3.8) is 0 Å². The Morgan fingerprint density at radius 2 is 1.73 bits per heavy atom. The van der Waals surface area contributed by atoms with Crippen LogP contribution in [0.5, 0.6) is 0 Å². The van der Waals surface area contributed by atoms with Gasteiger partial charge in [-0.2, -0.15) is 0 Å². The van der Waals surface area contributed by atoms with E-state index in [1.165, 1.54) is 42.1 Å². The molecule has 2 aromatic carbocycles. The molecule has 2 aromatic heterocycles. The van der Waals surface area contributed by atoms with Crippen molar-refractivity contribution in [1.29, 1.82) is 0 Å². The Labute approximate surface area is 312 Å². The minimum absolute atomic E-state index is 0.110. The number of aromatic nitrogens is 3. The van der Waals surface area contributed by atoms with Gasteiger partial charge in [-0.1, -0.05) is 54.1 Å². The molecule has 0 aliphatic carbocycles. The molecule has 2 aliphatic rings. The minimum Gasteiger partial charge on any atom is -0.388 e. The van der Waals surface area contributed by atoms with E-state index < -0.39 is 5.60 Å². The largest absolute Gasteiger partial charge is 0.388 e. The number of likely N-dealkylation sites (tertiary alicyclic amines) is 2.